The van der Waals surface area contributed by atoms with Crippen LogP contribution in [0.25, 0.3) is 0 Å². The number of rotatable bonds is 9. The summed E-state index contributed by atoms with van der Waals surface area (Å²) in [4.78, 5) is 0.287. The molecule has 0 saturated heterocycles. The molecule has 1 aromatic rings. The average molecular weight is 395 g/mol. The first-order valence-electron chi connectivity index (χ1n) is 6.92. The molecule has 0 aliphatic heterocycles. The first-order chi connectivity index (χ1) is 9.90. The van der Waals surface area contributed by atoms with Crippen molar-refractivity contribution in [3.8, 4) is 0 Å². The SMILES string of the molecule is CCCNCc1ccc(S(=O)(=O)NCC(C)SC)c(Br)c1. The standard InChI is InChI=1S/C14H23BrN2O2S2/c1-4-7-16-10-12-5-6-14(13(15)8-12)21(18,19)17-9-11(2)20-3/h5-6,8,11,16-17H,4,7,9-10H2,1-3H3. The molecule has 1 aromatic carbocycles. The van der Waals surface area contributed by atoms with Gasteiger partial charge in [0.25, 0.3) is 0 Å². The second-order valence-corrected chi connectivity index (χ2v) is 8.71. The minimum atomic E-state index is -3.47. The molecule has 0 heterocycles. The number of halogens is 1. The third kappa shape index (κ3) is 6.28. The van der Waals surface area contributed by atoms with Crippen LogP contribution in [0.5, 0.6) is 0 Å². The van der Waals surface area contributed by atoms with Gasteiger partial charge in [-0.05, 0) is 52.8 Å². The quantitative estimate of drug-likeness (QED) is 0.632. The topological polar surface area (TPSA) is 58.2 Å². The van der Waals surface area contributed by atoms with Crippen molar-refractivity contribution in [3.05, 3.63) is 28.2 Å². The van der Waals surface area contributed by atoms with Crippen molar-refractivity contribution in [3.63, 3.8) is 0 Å². The van der Waals surface area contributed by atoms with E-state index in [1.807, 2.05) is 25.3 Å². The van der Waals surface area contributed by atoms with Gasteiger partial charge < -0.3 is 5.32 Å². The molecule has 0 saturated carbocycles. The first-order valence-corrected chi connectivity index (χ1v) is 10.5. The van der Waals surface area contributed by atoms with Gasteiger partial charge in [-0.1, -0.05) is 19.9 Å². The molecule has 0 aliphatic carbocycles. The van der Waals surface area contributed by atoms with Crippen LogP contribution in [0.1, 0.15) is 25.8 Å². The molecule has 1 rings (SSSR count). The van der Waals surface area contributed by atoms with E-state index in [2.05, 4.69) is 32.9 Å². The largest absolute Gasteiger partial charge is 0.313 e. The Bertz CT molecular complexity index is 550. The normalized spacial score (nSPS) is 13.3. The van der Waals surface area contributed by atoms with Crippen LogP contribution in [0.3, 0.4) is 0 Å². The summed E-state index contributed by atoms with van der Waals surface area (Å²) in [5, 5.41) is 3.54. The molecule has 0 aliphatic rings. The van der Waals surface area contributed by atoms with Crippen molar-refractivity contribution in [2.45, 2.75) is 37.0 Å². The summed E-state index contributed by atoms with van der Waals surface area (Å²) in [7, 11) is -3.47. The van der Waals surface area contributed by atoms with Crippen molar-refractivity contribution in [2.24, 2.45) is 0 Å². The van der Waals surface area contributed by atoms with Crippen LogP contribution in [0, 0.1) is 0 Å². The van der Waals surface area contributed by atoms with E-state index in [1.165, 1.54) is 0 Å². The van der Waals surface area contributed by atoms with Gasteiger partial charge in [-0.3, -0.25) is 0 Å². The van der Waals surface area contributed by atoms with Crippen LogP contribution in [-0.2, 0) is 16.6 Å². The highest BCUT2D eigenvalue weighted by Gasteiger charge is 2.18. The molecule has 0 amide bonds. The third-order valence-electron chi connectivity index (χ3n) is 3.00. The Morgan fingerprint density at radius 2 is 2.10 bits per heavy atom. The zero-order valence-electron chi connectivity index (χ0n) is 12.6. The minimum absolute atomic E-state index is 0.246. The molecule has 0 aromatic heterocycles. The first kappa shape index (κ1) is 19.0. The smallest absolute Gasteiger partial charge is 0.241 e. The highest BCUT2D eigenvalue weighted by atomic mass is 79.9. The lowest BCUT2D eigenvalue weighted by atomic mass is 10.2. The Morgan fingerprint density at radius 3 is 2.67 bits per heavy atom. The van der Waals surface area contributed by atoms with E-state index in [1.54, 1.807) is 17.8 Å². The minimum Gasteiger partial charge on any atom is -0.313 e. The molecule has 120 valence electrons. The van der Waals surface area contributed by atoms with Gasteiger partial charge in [0.1, 0.15) is 0 Å². The molecule has 1 atom stereocenters. The second-order valence-electron chi connectivity index (χ2n) is 4.84. The predicted octanol–water partition coefficient (Wildman–Crippen LogP) is 2.98. The predicted molar refractivity (Wildman–Crippen MR) is 94.3 cm³/mol. The fourth-order valence-corrected chi connectivity index (χ4v) is 4.28. The molecule has 2 N–H and O–H groups in total. The molecule has 21 heavy (non-hydrogen) atoms. The summed E-state index contributed by atoms with van der Waals surface area (Å²) < 4.78 is 27.8. The monoisotopic (exact) mass is 394 g/mol. The van der Waals surface area contributed by atoms with E-state index in [0.717, 1.165) is 25.1 Å². The highest BCUT2D eigenvalue weighted by Crippen LogP contribution is 2.23. The highest BCUT2D eigenvalue weighted by molar-refractivity contribution is 9.10. The molecule has 0 radical (unpaired) electrons. The Labute approximate surface area is 140 Å². The van der Waals surface area contributed by atoms with Crippen molar-refractivity contribution in [1.82, 2.24) is 10.0 Å². The van der Waals surface area contributed by atoms with Crippen LogP contribution in [0.4, 0.5) is 0 Å². The maximum Gasteiger partial charge on any atom is 0.241 e. The summed E-state index contributed by atoms with van der Waals surface area (Å²) in [5.41, 5.74) is 1.06. The summed E-state index contributed by atoms with van der Waals surface area (Å²) >= 11 is 5.00. The van der Waals surface area contributed by atoms with Gasteiger partial charge in [-0.2, -0.15) is 11.8 Å². The van der Waals surface area contributed by atoms with Crippen LogP contribution in [0.15, 0.2) is 27.6 Å². The van der Waals surface area contributed by atoms with Crippen LogP contribution < -0.4 is 10.0 Å². The molecule has 4 nitrogen and oxygen atoms in total. The van der Waals surface area contributed by atoms with Gasteiger partial charge in [0.2, 0.25) is 10.0 Å². The van der Waals surface area contributed by atoms with Crippen molar-refractivity contribution in [2.75, 3.05) is 19.3 Å². The Balaban J connectivity index is 2.78. The Kier molecular flexibility index (Phi) is 8.26. The Morgan fingerprint density at radius 1 is 1.38 bits per heavy atom. The van der Waals surface area contributed by atoms with Crippen LogP contribution >= 0.6 is 27.7 Å². The van der Waals surface area contributed by atoms with E-state index in [0.29, 0.717) is 11.0 Å². The molecule has 0 bridgehead atoms. The molecule has 0 fully saturated rings. The molecule has 7 heteroatoms. The fraction of sp³-hybridized carbons (Fsp3) is 0.571. The van der Waals surface area contributed by atoms with Crippen molar-refractivity contribution in [1.29, 1.82) is 0 Å². The van der Waals surface area contributed by atoms with Gasteiger partial charge >= 0.3 is 0 Å². The Hall–Kier alpha value is -0.0800. The molecular weight excluding hydrogens is 372 g/mol. The van der Waals surface area contributed by atoms with Gasteiger partial charge in [0.05, 0.1) is 4.90 Å². The number of nitrogens with one attached hydrogen (secondary N) is 2. The van der Waals surface area contributed by atoms with E-state index in [4.69, 9.17) is 0 Å². The number of thioether (sulfide) groups is 1. The average Bonchev–Trinajstić information content (AvgIpc) is 2.45. The zero-order chi connectivity index (χ0) is 15.9. The molecule has 0 spiro atoms. The molecular formula is C14H23BrN2O2S2. The van der Waals surface area contributed by atoms with Crippen molar-refractivity contribution >= 4 is 37.7 Å². The van der Waals surface area contributed by atoms with E-state index in [-0.39, 0.29) is 10.1 Å². The maximum atomic E-state index is 12.3. The summed E-state index contributed by atoms with van der Waals surface area (Å²) in [6.45, 7) is 6.22. The van der Waals surface area contributed by atoms with Crippen LogP contribution in [0.2, 0.25) is 0 Å². The van der Waals surface area contributed by atoms with Gasteiger partial charge in [-0.15, -0.1) is 0 Å². The second kappa shape index (κ2) is 9.15. The lowest BCUT2D eigenvalue weighted by molar-refractivity contribution is 0.581. The lowest BCUT2D eigenvalue weighted by Crippen LogP contribution is -2.29. The van der Waals surface area contributed by atoms with Gasteiger partial charge in [0, 0.05) is 22.8 Å². The summed E-state index contributed by atoms with van der Waals surface area (Å²) in [6.07, 6.45) is 3.04. The van der Waals surface area contributed by atoms with Crippen molar-refractivity contribution < 1.29 is 8.42 Å². The lowest BCUT2D eigenvalue weighted by Gasteiger charge is -2.12. The number of hydrogen-bond acceptors (Lipinski definition) is 4. The molecule has 1 unspecified atom stereocenters. The summed E-state index contributed by atoms with van der Waals surface area (Å²) in [6, 6.07) is 5.36. The third-order valence-corrected chi connectivity index (χ3v) is 6.38. The number of hydrogen-bond donors (Lipinski definition) is 2. The maximum absolute atomic E-state index is 12.3. The van der Waals surface area contributed by atoms with E-state index in [9.17, 15) is 8.42 Å². The van der Waals surface area contributed by atoms with Gasteiger partial charge in [0.15, 0.2) is 0 Å². The van der Waals surface area contributed by atoms with Gasteiger partial charge in [-0.25, -0.2) is 13.1 Å². The number of benzene rings is 1. The zero-order valence-corrected chi connectivity index (χ0v) is 15.9. The summed E-state index contributed by atoms with van der Waals surface area (Å²) in [5.74, 6) is 0. The number of sulfonamides is 1. The fourth-order valence-electron chi connectivity index (χ4n) is 1.67. The van der Waals surface area contributed by atoms with E-state index < -0.39 is 10.0 Å². The van der Waals surface area contributed by atoms with E-state index >= 15 is 0 Å². The van der Waals surface area contributed by atoms with Crippen LogP contribution in [-0.4, -0.2) is 33.0 Å².